The molecule has 1 fully saturated rings. The molecule has 0 aliphatic carbocycles. The Labute approximate surface area is 120 Å². The summed E-state index contributed by atoms with van der Waals surface area (Å²) in [5.41, 5.74) is -1.31. The van der Waals surface area contributed by atoms with E-state index in [1.807, 2.05) is 34.6 Å². The first-order valence-corrected chi connectivity index (χ1v) is 6.94. The highest BCUT2D eigenvalue weighted by Crippen LogP contribution is 2.29. The molecule has 0 aromatic carbocycles. The van der Waals surface area contributed by atoms with Crippen molar-refractivity contribution in [1.29, 1.82) is 0 Å². The van der Waals surface area contributed by atoms with Gasteiger partial charge in [0.25, 0.3) is 0 Å². The number of amides is 1. The van der Waals surface area contributed by atoms with Crippen LogP contribution in [0.15, 0.2) is 12.2 Å². The number of carbonyl (C=O) groups is 2. The maximum Gasteiger partial charge on any atom is 0.413 e. The Kier molecular flexibility index (Phi) is 4.97. The molecule has 5 nitrogen and oxygen atoms in total. The topological polar surface area (TPSA) is 55.8 Å². The minimum Gasteiger partial charge on any atom is -0.444 e. The van der Waals surface area contributed by atoms with Crippen LogP contribution < -0.4 is 0 Å². The van der Waals surface area contributed by atoms with Gasteiger partial charge in [0.15, 0.2) is 5.78 Å². The molecule has 0 unspecified atom stereocenters. The lowest BCUT2D eigenvalue weighted by Crippen LogP contribution is -2.49. The van der Waals surface area contributed by atoms with Crippen molar-refractivity contribution >= 4 is 11.9 Å². The van der Waals surface area contributed by atoms with Crippen LogP contribution >= 0.6 is 0 Å². The first kappa shape index (κ1) is 16.7. The van der Waals surface area contributed by atoms with E-state index >= 15 is 0 Å². The molecule has 1 aliphatic heterocycles. The molecule has 0 aromatic heterocycles. The van der Waals surface area contributed by atoms with Gasteiger partial charge in [-0.3, -0.25) is 9.69 Å². The summed E-state index contributed by atoms with van der Waals surface area (Å²) in [4.78, 5) is 25.2. The van der Waals surface area contributed by atoms with E-state index in [-0.39, 0.29) is 11.8 Å². The van der Waals surface area contributed by atoms with E-state index in [4.69, 9.17) is 9.47 Å². The molecule has 0 bridgehead atoms. The SMILES string of the molecule is CCC(=O)/C=C/[C@@H]1COC(C)(C)N1C(=O)OC(C)(C)C. The lowest BCUT2D eigenvalue weighted by molar-refractivity contribution is -0.114. The molecule has 1 atom stereocenters. The number of carbonyl (C=O) groups excluding carboxylic acids is 2. The molecule has 0 saturated carbocycles. The zero-order valence-electron chi connectivity index (χ0n) is 13.2. The normalized spacial score (nSPS) is 22.3. The lowest BCUT2D eigenvalue weighted by Gasteiger charge is -2.34. The third-order valence-electron chi connectivity index (χ3n) is 2.96. The minimum absolute atomic E-state index is 0.0267. The van der Waals surface area contributed by atoms with Crippen LogP contribution in [0, 0.1) is 0 Å². The van der Waals surface area contributed by atoms with E-state index in [9.17, 15) is 9.59 Å². The van der Waals surface area contributed by atoms with Gasteiger partial charge in [0.1, 0.15) is 11.3 Å². The molecular weight excluding hydrogens is 258 g/mol. The molecule has 5 heteroatoms. The summed E-state index contributed by atoms with van der Waals surface area (Å²) in [5.74, 6) is 0.0267. The molecule has 1 saturated heterocycles. The van der Waals surface area contributed by atoms with Crippen molar-refractivity contribution in [3.63, 3.8) is 0 Å². The van der Waals surface area contributed by atoms with Gasteiger partial charge in [-0.05, 0) is 40.7 Å². The fourth-order valence-corrected chi connectivity index (χ4v) is 1.98. The quantitative estimate of drug-likeness (QED) is 0.747. The summed E-state index contributed by atoms with van der Waals surface area (Å²) in [5, 5.41) is 0. The molecule has 1 rings (SSSR count). The largest absolute Gasteiger partial charge is 0.444 e. The highest BCUT2D eigenvalue weighted by atomic mass is 16.6. The molecule has 1 aliphatic rings. The molecule has 0 aromatic rings. The number of rotatable bonds is 3. The van der Waals surface area contributed by atoms with Gasteiger partial charge >= 0.3 is 6.09 Å². The maximum atomic E-state index is 12.3. The van der Waals surface area contributed by atoms with Crippen LogP contribution in [-0.2, 0) is 14.3 Å². The third kappa shape index (κ3) is 4.34. The Bertz CT molecular complexity index is 407. The van der Waals surface area contributed by atoms with Gasteiger partial charge < -0.3 is 9.47 Å². The van der Waals surface area contributed by atoms with E-state index in [1.165, 1.54) is 11.0 Å². The minimum atomic E-state index is -0.743. The fraction of sp³-hybridized carbons (Fsp3) is 0.733. The monoisotopic (exact) mass is 283 g/mol. The molecular formula is C15H25NO4. The second-order valence-corrected chi connectivity index (χ2v) is 6.35. The van der Waals surface area contributed by atoms with Crippen molar-refractivity contribution in [2.75, 3.05) is 6.61 Å². The van der Waals surface area contributed by atoms with Crippen LogP contribution in [0.2, 0.25) is 0 Å². The highest BCUT2D eigenvalue weighted by molar-refractivity contribution is 5.89. The smallest absolute Gasteiger partial charge is 0.413 e. The summed E-state index contributed by atoms with van der Waals surface area (Å²) < 4.78 is 11.0. The molecule has 20 heavy (non-hydrogen) atoms. The summed E-state index contributed by atoms with van der Waals surface area (Å²) >= 11 is 0. The summed E-state index contributed by atoms with van der Waals surface area (Å²) in [7, 11) is 0. The predicted molar refractivity (Wildman–Crippen MR) is 76.3 cm³/mol. The van der Waals surface area contributed by atoms with Gasteiger partial charge in [-0.25, -0.2) is 4.79 Å². The number of ether oxygens (including phenoxy) is 2. The van der Waals surface area contributed by atoms with Crippen molar-refractivity contribution in [1.82, 2.24) is 4.90 Å². The lowest BCUT2D eigenvalue weighted by atomic mass is 10.1. The standard InChI is InChI=1S/C15H25NO4/c1-7-12(17)9-8-11-10-19-15(5,6)16(11)13(18)20-14(2,3)4/h8-9,11H,7,10H2,1-6H3/b9-8+/t11-/m1/s1. The van der Waals surface area contributed by atoms with E-state index in [2.05, 4.69) is 0 Å². The van der Waals surface area contributed by atoms with Crippen LogP contribution in [0.5, 0.6) is 0 Å². The van der Waals surface area contributed by atoms with Gasteiger partial charge in [0, 0.05) is 6.42 Å². The van der Waals surface area contributed by atoms with Gasteiger partial charge in [0.05, 0.1) is 12.6 Å². The van der Waals surface area contributed by atoms with Gasteiger partial charge in [-0.15, -0.1) is 0 Å². The Morgan fingerprint density at radius 1 is 1.40 bits per heavy atom. The van der Waals surface area contributed by atoms with Crippen LogP contribution in [-0.4, -0.2) is 40.8 Å². The van der Waals surface area contributed by atoms with Crippen molar-refractivity contribution in [2.45, 2.75) is 65.3 Å². The average Bonchev–Trinajstić information content (AvgIpc) is 2.59. The van der Waals surface area contributed by atoms with E-state index in [1.54, 1.807) is 13.0 Å². The first-order chi connectivity index (χ1) is 9.07. The fourth-order valence-electron chi connectivity index (χ4n) is 1.98. The third-order valence-corrected chi connectivity index (χ3v) is 2.96. The van der Waals surface area contributed by atoms with Gasteiger partial charge in [-0.2, -0.15) is 0 Å². The zero-order chi connectivity index (χ0) is 15.6. The summed E-state index contributed by atoms with van der Waals surface area (Å²) in [6.45, 7) is 11.2. The first-order valence-electron chi connectivity index (χ1n) is 6.94. The van der Waals surface area contributed by atoms with Crippen LogP contribution in [0.25, 0.3) is 0 Å². The van der Waals surface area contributed by atoms with Crippen molar-refractivity contribution in [3.05, 3.63) is 12.2 Å². The number of allylic oxidation sites excluding steroid dienone is 1. The van der Waals surface area contributed by atoms with Crippen LogP contribution in [0.1, 0.15) is 48.0 Å². The molecule has 1 amide bonds. The average molecular weight is 283 g/mol. The highest BCUT2D eigenvalue weighted by Gasteiger charge is 2.44. The Hall–Kier alpha value is -1.36. The summed E-state index contributed by atoms with van der Waals surface area (Å²) in [6, 6.07) is -0.282. The Balaban J connectivity index is 2.88. The van der Waals surface area contributed by atoms with E-state index in [0.29, 0.717) is 13.0 Å². The Morgan fingerprint density at radius 2 is 2.00 bits per heavy atom. The van der Waals surface area contributed by atoms with Crippen molar-refractivity contribution < 1.29 is 19.1 Å². The van der Waals surface area contributed by atoms with E-state index < -0.39 is 17.4 Å². The molecule has 1 heterocycles. The zero-order valence-corrected chi connectivity index (χ0v) is 13.2. The molecule has 0 radical (unpaired) electrons. The number of nitrogens with zero attached hydrogens (tertiary/aromatic N) is 1. The predicted octanol–water partition coefficient (Wildman–Crippen LogP) is 2.89. The second-order valence-electron chi connectivity index (χ2n) is 6.35. The van der Waals surface area contributed by atoms with Gasteiger partial charge in [-0.1, -0.05) is 13.0 Å². The number of ketones is 1. The van der Waals surface area contributed by atoms with Crippen molar-refractivity contribution in [2.24, 2.45) is 0 Å². The summed E-state index contributed by atoms with van der Waals surface area (Å²) in [6.07, 6.45) is 3.23. The maximum absolute atomic E-state index is 12.3. The van der Waals surface area contributed by atoms with Crippen molar-refractivity contribution in [3.8, 4) is 0 Å². The van der Waals surface area contributed by atoms with Gasteiger partial charge in [0.2, 0.25) is 0 Å². The Morgan fingerprint density at radius 3 is 2.50 bits per heavy atom. The molecule has 0 N–H and O–H groups in total. The molecule has 0 spiro atoms. The second kappa shape index (κ2) is 5.95. The molecule has 114 valence electrons. The van der Waals surface area contributed by atoms with Crippen LogP contribution in [0.4, 0.5) is 4.79 Å². The van der Waals surface area contributed by atoms with Crippen LogP contribution in [0.3, 0.4) is 0 Å². The number of hydrogen-bond acceptors (Lipinski definition) is 4. The number of hydrogen-bond donors (Lipinski definition) is 0. The van der Waals surface area contributed by atoms with E-state index in [0.717, 1.165) is 0 Å².